The Hall–Kier alpha value is -1.47. The number of carbonyl (C=O) groups is 1. The molecule has 28 heavy (non-hydrogen) atoms. The molecular formula is C21H31F2N3O2. The molecule has 4 atom stereocenters. The summed E-state index contributed by atoms with van der Waals surface area (Å²) in [6.45, 7) is 1.04. The highest BCUT2D eigenvalue weighted by molar-refractivity contribution is 5.93. The van der Waals surface area contributed by atoms with Crippen molar-refractivity contribution in [1.29, 1.82) is 0 Å². The number of nitrogens with zero attached hydrogens (tertiary/aromatic N) is 3. The number of hydrogen-bond acceptors (Lipinski definition) is 3. The monoisotopic (exact) mass is 395 g/mol. The second-order valence-corrected chi connectivity index (χ2v) is 9.06. The lowest BCUT2D eigenvalue weighted by atomic mass is 9.77. The summed E-state index contributed by atoms with van der Waals surface area (Å²) in [5.41, 5.74) is 0.507. The van der Waals surface area contributed by atoms with E-state index in [2.05, 4.69) is 19.0 Å². The molecule has 2 saturated carbocycles. The van der Waals surface area contributed by atoms with Gasteiger partial charge in [0.25, 0.3) is 5.91 Å². The van der Waals surface area contributed by atoms with Crippen molar-refractivity contribution in [3.8, 4) is 0 Å². The predicted octanol–water partition coefficient (Wildman–Crippen LogP) is 3.40. The van der Waals surface area contributed by atoms with Crippen LogP contribution in [0.15, 0.2) is 12.1 Å². The van der Waals surface area contributed by atoms with E-state index in [1.165, 1.54) is 18.9 Å². The molecule has 0 spiro atoms. The summed E-state index contributed by atoms with van der Waals surface area (Å²) in [5, 5.41) is 0. The number of halogens is 2. The van der Waals surface area contributed by atoms with Crippen molar-refractivity contribution in [1.82, 2.24) is 14.4 Å². The summed E-state index contributed by atoms with van der Waals surface area (Å²) < 4.78 is 33.9. The highest BCUT2D eigenvalue weighted by Crippen LogP contribution is 2.40. The Kier molecular flexibility index (Phi) is 5.49. The van der Waals surface area contributed by atoms with E-state index in [9.17, 15) is 13.6 Å². The number of likely N-dealkylation sites (N-methyl/N-ethyl adjacent to an activating group) is 1. The van der Waals surface area contributed by atoms with Crippen LogP contribution >= 0.6 is 0 Å². The quantitative estimate of drug-likeness (QED) is 0.741. The number of likely N-dealkylation sites (tertiary alicyclic amines) is 1. The van der Waals surface area contributed by atoms with Crippen molar-refractivity contribution in [3.05, 3.63) is 23.5 Å². The van der Waals surface area contributed by atoms with Crippen LogP contribution in [0.4, 0.5) is 8.78 Å². The second kappa shape index (κ2) is 7.75. The Labute approximate surface area is 165 Å². The highest BCUT2D eigenvalue weighted by Gasteiger charge is 2.45. The lowest BCUT2D eigenvalue weighted by Gasteiger charge is -2.41. The highest BCUT2D eigenvalue weighted by atomic mass is 19.3. The Bertz CT molecular complexity index is 717. The van der Waals surface area contributed by atoms with Crippen LogP contribution in [-0.4, -0.2) is 66.2 Å². The minimum absolute atomic E-state index is 0.0943. The average molecular weight is 395 g/mol. The second-order valence-electron chi connectivity index (χ2n) is 9.06. The zero-order valence-electron chi connectivity index (χ0n) is 17.0. The normalized spacial score (nSPS) is 30.3. The fourth-order valence-corrected chi connectivity index (χ4v) is 4.97. The van der Waals surface area contributed by atoms with E-state index in [0.717, 1.165) is 29.9 Å². The molecule has 1 aromatic heterocycles. The summed E-state index contributed by atoms with van der Waals surface area (Å²) in [6, 6.07) is 3.46. The van der Waals surface area contributed by atoms with Crippen LogP contribution in [-0.2, 0) is 4.74 Å². The fourth-order valence-electron chi connectivity index (χ4n) is 4.97. The summed E-state index contributed by atoms with van der Waals surface area (Å²) in [7, 11) is 4.18. The number of alkyl halides is 2. The first-order valence-corrected chi connectivity index (χ1v) is 10.4. The van der Waals surface area contributed by atoms with E-state index in [1.54, 1.807) is 17.9 Å². The number of rotatable bonds is 6. The van der Waals surface area contributed by atoms with Gasteiger partial charge in [0.15, 0.2) is 0 Å². The SMILES string of the molecule is Cc1ccc(C(=O)N2C[C@H]3C[C@@H](N(C)C)[C@H](OCC4CC4)C[C@H]3C2)n1C(F)F. The number of hydrogen-bond donors (Lipinski definition) is 0. The van der Waals surface area contributed by atoms with Gasteiger partial charge in [-0.1, -0.05) is 0 Å². The maximum absolute atomic E-state index is 13.4. The minimum atomic E-state index is -2.70. The molecule has 2 aliphatic carbocycles. The van der Waals surface area contributed by atoms with Gasteiger partial charge in [-0.2, -0.15) is 8.78 Å². The molecule has 0 bridgehead atoms. The van der Waals surface area contributed by atoms with Crippen molar-refractivity contribution in [2.45, 2.75) is 51.3 Å². The average Bonchev–Trinajstić information content (AvgIpc) is 3.25. The van der Waals surface area contributed by atoms with Gasteiger partial charge in [0.2, 0.25) is 0 Å². The third-order valence-electron chi connectivity index (χ3n) is 6.81. The van der Waals surface area contributed by atoms with E-state index in [1.807, 2.05) is 0 Å². The maximum atomic E-state index is 13.4. The first-order chi connectivity index (χ1) is 13.3. The van der Waals surface area contributed by atoms with Crippen LogP contribution in [0.5, 0.6) is 0 Å². The first kappa shape index (κ1) is 19.8. The molecule has 3 fully saturated rings. The third kappa shape index (κ3) is 3.83. The smallest absolute Gasteiger partial charge is 0.319 e. The molecule has 5 nitrogen and oxygen atoms in total. The number of carbonyl (C=O) groups excluding carboxylic acids is 1. The van der Waals surface area contributed by atoms with Gasteiger partial charge < -0.3 is 14.5 Å². The molecule has 156 valence electrons. The number of fused-ring (bicyclic) bond motifs is 1. The molecule has 0 unspecified atom stereocenters. The summed E-state index contributed by atoms with van der Waals surface area (Å²) >= 11 is 0. The summed E-state index contributed by atoms with van der Waals surface area (Å²) in [6.07, 6.45) is 4.68. The largest absolute Gasteiger partial charge is 0.376 e. The van der Waals surface area contributed by atoms with E-state index in [4.69, 9.17) is 4.74 Å². The van der Waals surface area contributed by atoms with E-state index >= 15 is 0 Å². The molecule has 2 heterocycles. The van der Waals surface area contributed by atoms with Crippen molar-refractivity contribution in [2.75, 3.05) is 33.8 Å². The van der Waals surface area contributed by atoms with Crippen LogP contribution in [0.25, 0.3) is 0 Å². The summed E-state index contributed by atoms with van der Waals surface area (Å²) in [5.74, 6) is 1.25. The zero-order chi connectivity index (χ0) is 20.0. The lowest BCUT2D eigenvalue weighted by Crippen LogP contribution is -2.48. The number of aromatic nitrogens is 1. The molecular weight excluding hydrogens is 364 g/mol. The number of aryl methyl sites for hydroxylation is 1. The van der Waals surface area contributed by atoms with Gasteiger partial charge in [0.05, 0.1) is 6.10 Å². The molecule has 3 aliphatic rings. The van der Waals surface area contributed by atoms with Crippen LogP contribution < -0.4 is 0 Å². The zero-order valence-corrected chi connectivity index (χ0v) is 17.0. The van der Waals surface area contributed by atoms with Crippen LogP contribution in [0.2, 0.25) is 0 Å². The Morgan fingerprint density at radius 1 is 1.21 bits per heavy atom. The lowest BCUT2D eigenvalue weighted by molar-refractivity contribution is -0.0493. The van der Waals surface area contributed by atoms with Gasteiger partial charge in [-0.15, -0.1) is 0 Å². The minimum Gasteiger partial charge on any atom is -0.376 e. The molecule has 1 amide bonds. The Balaban J connectivity index is 1.45. The van der Waals surface area contributed by atoms with Gasteiger partial charge in [-0.3, -0.25) is 9.36 Å². The molecule has 7 heteroatoms. The van der Waals surface area contributed by atoms with Crippen molar-refractivity contribution < 1.29 is 18.3 Å². The van der Waals surface area contributed by atoms with Crippen molar-refractivity contribution in [2.24, 2.45) is 17.8 Å². The maximum Gasteiger partial charge on any atom is 0.319 e. The van der Waals surface area contributed by atoms with Crippen LogP contribution in [0, 0.1) is 24.7 Å². The predicted molar refractivity (Wildman–Crippen MR) is 102 cm³/mol. The van der Waals surface area contributed by atoms with Crippen LogP contribution in [0.1, 0.15) is 48.4 Å². The molecule has 1 saturated heterocycles. The standard InChI is InChI=1S/C21H31F2N3O2/c1-13-4-7-17(26(13)21(22)23)20(27)25-10-15-8-18(24(2)3)19(9-16(15)11-25)28-12-14-5-6-14/h4,7,14-16,18-19,21H,5-6,8-12H2,1-3H3/t15-,16+,18-,19-/m1/s1. The van der Waals surface area contributed by atoms with Crippen molar-refractivity contribution >= 4 is 5.91 Å². The van der Waals surface area contributed by atoms with Gasteiger partial charge in [0, 0.05) is 31.4 Å². The van der Waals surface area contributed by atoms with E-state index in [-0.39, 0.29) is 17.7 Å². The Morgan fingerprint density at radius 3 is 2.50 bits per heavy atom. The van der Waals surface area contributed by atoms with Crippen molar-refractivity contribution in [3.63, 3.8) is 0 Å². The van der Waals surface area contributed by atoms with Gasteiger partial charge >= 0.3 is 6.55 Å². The van der Waals surface area contributed by atoms with E-state index in [0.29, 0.717) is 36.7 Å². The van der Waals surface area contributed by atoms with Gasteiger partial charge in [-0.05, 0) is 76.6 Å². The third-order valence-corrected chi connectivity index (χ3v) is 6.81. The molecule has 1 aliphatic heterocycles. The van der Waals surface area contributed by atoms with Gasteiger partial charge in [0.1, 0.15) is 5.69 Å². The molecule has 4 rings (SSSR count). The molecule has 1 aromatic rings. The molecule has 0 aromatic carbocycles. The molecule has 0 N–H and O–H groups in total. The van der Waals surface area contributed by atoms with Crippen LogP contribution in [0.3, 0.4) is 0 Å². The fraction of sp³-hybridized carbons (Fsp3) is 0.762. The number of ether oxygens (including phenoxy) is 1. The Morgan fingerprint density at radius 2 is 1.89 bits per heavy atom. The molecule has 0 radical (unpaired) electrons. The number of amides is 1. The summed E-state index contributed by atoms with van der Waals surface area (Å²) in [4.78, 5) is 17.0. The van der Waals surface area contributed by atoms with E-state index < -0.39 is 6.55 Å². The first-order valence-electron chi connectivity index (χ1n) is 10.4. The topological polar surface area (TPSA) is 37.7 Å². The van der Waals surface area contributed by atoms with Gasteiger partial charge in [-0.25, -0.2) is 0 Å².